The summed E-state index contributed by atoms with van der Waals surface area (Å²) in [6, 6.07) is 5.20. The van der Waals surface area contributed by atoms with Crippen molar-refractivity contribution in [3.63, 3.8) is 0 Å². The summed E-state index contributed by atoms with van der Waals surface area (Å²) in [7, 11) is 0. The van der Waals surface area contributed by atoms with Crippen LogP contribution in [-0.4, -0.2) is 0 Å². The molecule has 0 spiro atoms. The second-order valence-electron chi connectivity index (χ2n) is 2.96. The van der Waals surface area contributed by atoms with Gasteiger partial charge in [0.15, 0.2) is 0 Å². The lowest BCUT2D eigenvalue weighted by molar-refractivity contribution is 0.429. The molecular weight excluding hydrogens is 186 g/mol. The van der Waals surface area contributed by atoms with Crippen molar-refractivity contribution in [2.24, 2.45) is 0 Å². The lowest BCUT2D eigenvalue weighted by Gasteiger charge is -1.92. The molecule has 0 aliphatic carbocycles. The maximum absolute atomic E-state index is 12.0. The van der Waals surface area contributed by atoms with Gasteiger partial charge in [-0.15, -0.1) is 0 Å². The minimum Gasteiger partial charge on any atom is -0.464 e. The zero-order valence-electron chi connectivity index (χ0n) is 7.26. The molecule has 1 radical (unpaired) electrons. The van der Waals surface area contributed by atoms with Crippen LogP contribution in [0.4, 0.5) is 8.78 Å². The molecule has 0 N–H and O–H groups in total. The highest BCUT2D eigenvalue weighted by Gasteiger charge is 2.04. The molecule has 2 aromatic rings. The first-order valence-electron chi connectivity index (χ1n) is 4.03. The van der Waals surface area contributed by atoms with Crippen molar-refractivity contribution in [2.45, 2.75) is 0 Å². The second-order valence-corrected chi connectivity index (χ2v) is 2.96. The second kappa shape index (κ2) is 3.25. The number of fused-ring (bicyclic) bond motifs is 1. The predicted molar refractivity (Wildman–Crippen MR) is 50.9 cm³/mol. The van der Waals surface area contributed by atoms with Crippen LogP contribution in [0.2, 0.25) is 0 Å². The molecule has 0 unspecified atom stereocenters. The molecule has 2 rings (SSSR count). The van der Waals surface area contributed by atoms with Crippen LogP contribution in [0.5, 0.6) is 0 Å². The molecule has 71 valence electrons. The molecule has 0 aliphatic rings. The Morgan fingerprint density at radius 1 is 1.36 bits per heavy atom. The molecule has 0 bridgehead atoms. The molecule has 0 saturated carbocycles. The molecule has 14 heavy (non-hydrogen) atoms. The highest BCUT2D eigenvalue weighted by atomic mass is 19.3. The normalized spacial score (nSPS) is 10.5. The molecule has 1 nitrogen and oxygen atoms in total. The Kier molecular flexibility index (Phi) is 2.08. The molecule has 3 heteroatoms. The standard InChI is InChI=1S/C11H7F2O/c1-7-2-3-10-9(4-7)8(6-14-10)5-11(12)13/h2-6H,1H2. The van der Waals surface area contributed by atoms with Crippen LogP contribution >= 0.6 is 0 Å². The van der Waals surface area contributed by atoms with Crippen LogP contribution < -0.4 is 0 Å². The Balaban J connectivity index is 2.67. The fraction of sp³-hybridized carbons (Fsp3) is 0. The molecule has 0 atom stereocenters. The number of hydrogen-bond donors (Lipinski definition) is 0. The molecular formula is C11H7F2O. The first-order chi connectivity index (χ1) is 6.66. The van der Waals surface area contributed by atoms with E-state index in [1.807, 2.05) is 0 Å². The summed E-state index contributed by atoms with van der Waals surface area (Å²) in [5, 5.41) is 0.658. The van der Waals surface area contributed by atoms with E-state index in [-0.39, 0.29) is 0 Å². The van der Waals surface area contributed by atoms with Crippen molar-refractivity contribution in [3.8, 4) is 0 Å². The largest absolute Gasteiger partial charge is 0.464 e. The third kappa shape index (κ3) is 1.53. The zero-order valence-corrected chi connectivity index (χ0v) is 7.26. The van der Waals surface area contributed by atoms with E-state index in [9.17, 15) is 8.78 Å². The molecule has 0 fully saturated rings. The molecule has 0 aliphatic heterocycles. The van der Waals surface area contributed by atoms with Gasteiger partial charge < -0.3 is 4.42 Å². The highest BCUT2D eigenvalue weighted by Crippen LogP contribution is 2.24. The molecule has 0 amide bonds. The quantitative estimate of drug-likeness (QED) is 0.670. The number of hydrogen-bond acceptors (Lipinski definition) is 1. The monoisotopic (exact) mass is 193 g/mol. The van der Waals surface area contributed by atoms with Gasteiger partial charge in [0.25, 0.3) is 6.08 Å². The van der Waals surface area contributed by atoms with Crippen molar-refractivity contribution in [3.05, 3.63) is 48.6 Å². The summed E-state index contributed by atoms with van der Waals surface area (Å²) in [4.78, 5) is 0. The Hall–Kier alpha value is -1.64. The van der Waals surface area contributed by atoms with Gasteiger partial charge in [-0.1, -0.05) is 6.07 Å². The van der Waals surface area contributed by atoms with Gasteiger partial charge in [0.1, 0.15) is 5.58 Å². The van der Waals surface area contributed by atoms with Crippen LogP contribution in [0.15, 0.2) is 35.0 Å². The highest BCUT2D eigenvalue weighted by molar-refractivity contribution is 5.87. The van der Waals surface area contributed by atoms with Gasteiger partial charge in [-0.05, 0) is 24.6 Å². The van der Waals surface area contributed by atoms with Crippen molar-refractivity contribution >= 4 is 17.0 Å². The summed E-state index contributed by atoms with van der Waals surface area (Å²) >= 11 is 0. The van der Waals surface area contributed by atoms with Crippen molar-refractivity contribution in [2.75, 3.05) is 0 Å². The van der Waals surface area contributed by atoms with Crippen molar-refractivity contribution < 1.29 is 13.2 Å². The van der Waals surface area contributed by atoms with Gasteiger partial charge in [-0.25, -0.2) is 0 Å². The Morgan fingerprint density at radius 3 is 2.86 bits per heavy atom. The fourth-order valence-electron chi connectivity index (χ4n) is 1.33. The lowest BCUT2D eigenvalue weighted by atomic mass is 10.1. The molecule has 1 aromatic carbocycles. The van der Waals surface area contributed by atoms with Gasteiger partial charge in [0, 0.05) is 17.0 Å². The first kappa shape index (κ1) is 8.94. The topological polar surface area (TPSA) is 13.1 Å². The fourth-order valence-corrected chi connectivity index (χ4v) is 1.33. The van der Waals surface area contributed by atoms with E-state index in [1.54, 1.807) is 18.2 Å². The van der Waals surface area contributed by atoms with E-state index in [0.29, 0.717) is 16.5 Å². The maximum atomic E-state index is 12.0. The van der Waals surface area contributed by atoms with Gasteiger partial charge in [0.2, 0.25) is 0 Å². The first-order valence-corrected chi connectivity index (χ1v) is 4.03. The minimum absolute atomic E-state index is 0.380. The Morgan fingerprint density at radius 2 is 2.14 bits per heavy atom. The van der Waals surface area contributed by atoms with Crippen LogP contribution in [0.1, 0.15) is 11.1 Å². The van der Waals surface area contributed by atoms with E-state index in [1.165, 1.54) is 6.26 Å². The average Bonchev–Trinajstić information content (AvgIpc) is 2.47. The number of halogens is 2. The third-order valence-electron chi connectivity index (χ3n) is 1.93. The minimum atomic E-state index is -1.73. The van der Waals surface area contributed by atoms with E-state index >= 15 is 0 Å². The van der Waals surface area contributed by atoms with Crippen LogP contribution in [0.3, 0.4) is 0 Å². The smallest absolute Gasteiger partial charge is 0.271 e. The SMILES string of the molecule is [CH2]c1ccc2occ(C=C(F)F)c2c1. The summed E-state index contributed by atoms with van der Waals surface area (Å²) in [6.45, 7) is 3.72. The molecule has 1 aromatic heterocycles. The van der Waals surface area contributed by atoms with Gasteiger partial charge in [-0.2, -0.15) is 8.78 Å². The van der Waals surface area contributed by atoms with Gasteiger partial charge in [-0.3, -0.25) is 0 Å². The van der Waals surface area contributed by atoms with Crippen LogP contribution in [0, 0.1) is 6.92 Å². The summed E-state index contributed by atoms with van der Waals surface area (Å²) < 4.78 is 29.2. The zero-order chi connectivity index (χ0) is 10.1. The number of furan rings is 1. The van der Waals surface area contributed by atoms with Crippen molar-refractivity contribution in [1.82, 2.24) is 0 Å². The van der Waals surface area contributed by atoms with Crippen LogP contribution in [-0.2, 0) is 0 Å². The van der Waals surface area contributed by atoms with Crippen LogP contribution in [0.25, 0.3) is 17.0 Å². The predicted octanol–water partition coefficient (Wildman–Crippen LogP) is 3.85. The molecule has 0 saturated heterocycles. The van der Waals surface area contributed by atoms with E-state index in [2.05, 4.69) is 6.92 Å². The van der Waals surface area contributed by atoms with Gasteiger partial charge >= 0.3 is 0 Å². The average molecular weight is 193 g/mol. The number of benzene rings is 1. The Bertz CT molecular complexity index is 493. The summed E-state index contributed by atoms with van der Waals surface area (Å²) in [5.74, 6) is 0. The summed E-state index contributed by atoms with van der Waals surface area (Å²) in [6.07, 6.45) is 0.358. The van der Waals surface area contributed by atoms with E-state index < -0.39 is 6.08 Å². The number of rotatable bonds is 1. The van der Waals surface area contributed by atoms with E-state index in [4.69, 9.17) is 4.42 Å². The summed E-state index contributed by atoms with van der Waals surface area (Å²) in [5.41, 5.74) is 1.74. The maximum Gasteiger partial charge on any atom is 0.271 e. The third-order valence-corrected chi connectivity index (χ3v) is 1.93. The van der Waals surface area contributed by atoms with Gasteiger partial charge in [0.05, 0.1) is 6.26 Å². The lowest BCUT2D eigenvalue weighted by Crippen LogP contribution is -1.72. The Labute approximate surface area is 79.6 Å². The molecule has 1 heterocycles. The van der Waals surface area contributed by atoms with Crippen molar-refractivity contribution in [1.29, 1.82) is 0 Å². The van der Waals surface area contributed by atoms with E-state index in [0.717, 1.165) is 11.6 Å².